The Morgan fingerprint density at radius 2 is 2.08 bits per heavy atom. The molecule has 2 fully saturated rings. The van der Waals surface area contributed by atoms with Crippen LogP contribution in [-0.4, -0.2) is 65.1 Å². The predicted octanol–water partition coefficient (Wildman–Crippen LogP) is 3.40. The standard InChI is InChI=1S/C26H38N6O3S/c1-4-8-19(25(34)18-10-5-6-11-22(18)33)24(28)26-30-21(20(27)12-13-29-36-3)15-23(31-26)35-16-17-9-7-14-32(17)2/h12-13,15,17-18H,4-11,14,16,27-28H2,1-3H3/b20-12-,24-19-,29-13+/t17-,18-/m0/s1. The quantitative estimate of drug-likeness (QED) is 0.197. The molecule has 0 radical (unpaired) electrons. The fraction of sp³-hybridized carbons (Fsp3) is 0.577. The second kappa shape index (κ2) is 13.5. The molecule has 2 heterocycles. The molecule has 3 rings (SSSR count). The summed E-state index contributed by atoms with van der Waals surface area (Å²) >= 11 is 1.31. The molecule has 10 heteroatoms. The number of Topliss-reactive ketones (excluding diaryl/α,β-unsaturated/α-hetero) is 2. The van der Waals surface area contributed by atoms with Gasteiger partial charge in [0.15, 0.2) is 11.6 Å². The van der Waals surface area contributed by atoms with Gasteiger partial charge in [0.2, 0.25) is 5.88 Å². The molecule has 2 atom stereocenters. The minimum Gasteiger partial charge on any atom is -0.476 e. The number of allylic oxidation sites excluding steroid dienone is 2. The average molecular weight is 515 g/mol. The number of ether oxygens (including phenoxy) is 1. The molecule has 0 spiro atoms. The lowest BCUT2D eigenvalue weighted by molar-refractivity contribution is -0.132. The Balaban J connectivity index is 2.00. The third-order valence-corrected chi connectivity index (χ3v) is 7.08. The summed E-state index contributed by atoms with van der Waals surface area (Å²) in [7, 11) is 2.08. The van der Waals surface area contributed by atoms with Crippen molar-refractivity contribution in [3.05, 3.63) is 29.2 Å². The van der Waals surface area contributed by atoms with Crippen LogP contribution in [0.3, 0.4) is 0 Å². The first-order valence-electron chi connectivity index (χ1n) is 12.7. The number of ketones is 2. The molecule has 0 aromatic carbocycles. The van der Waals surface area contributed by atoms with Gasteiger partial charge in [-0.15, -0.1) is 0 Å². The number of nitrogens with zero attached hydrogens (tertiary/aromatic N) is 4. The van der Waals surface area contributed by atoms with Crippen LogP contribution < -0.4 is 16.2 Å². The Hall–Kier alpha value is -2.72. The van der Waals surface area contributed by atoms with Gasteiger partial charge in [-0.05, 0) is 63.7 Å². The number of carbonyl (C=O) groups is 2. The zero-order valence-corrected chi connectivity index (χ0v) is 22.4. The van der Waals surface area contributed by atoms with E-state index in [4.69, 9.17) is 16.2 Å². The molecule has 1 saturated heterocycles. The monoisotopic (exact) mass is 514 g/mol. The van der Waals surface area contributed by atoms with Crippen molar-refractivity contribution >= 4 is 41.1 Å². The maximum atomic E-state index is 13.4. The lowest BCUT2D eigenvalue weighted by Crippen LogP contribution is -2.31. The highest BCUT2D eigenvalue weighted by atomic mass is 32.2. The van der Waals surface area contributed by atoms with Crippen molar-refractivity contribution < 1.29 is 14.3 Å². The minimum absolute atomic E-state index is 0.00714. The van der Waals surface area contributed by atoms with E-state index in [1.165, 1.54) is 11.9 Å². The smallest absolute Gasteiger partial charge is 0.217 e. The van der Waals surface area contributed by atoms with E-state index in [0.717, 1.165) is 32.2 Å². The van der Waals surface area contributed by atoms with E-state index in [2.05, 4.69) is 26.3 Å². The van der Waals surface area contributed by atoms with Gasteiger partial charge < -0.3 is 21.1 Å². The first kappa shape index (κ1) is 27.9. The predicted molar refractivity (Wildman–Crippen MR) is 145 cm³/mol. The third kappa shape index (κ3) is 7.16. The Morgan fingerprint density at radius 3 is 2.75 bits per heavy atom. The average Bonchev–Trinajstić information content (AvgIpc) is 3.30. The molecule has 9 nitrogen and oxygen atoms in total. The van der Waals surface area contributed by atoms with Gasteiger partial charge in [-0.2, -0.15) is 4.98 Å². The second-order valence-corrected chi connectivity index (χ2v) is 9.91. The van der Waals surface area contributed by atoms with Crippen molar-refractivity contribution in [1.29, 1.82) is 0 Å². The van der Waals surface area contributed by atoms with Crippen LogP contribution in [0.15, 0.2) is 22.1 Å². The molecule has 4 N–H and O–H groups in total. The van der Waals surface area contributed by atoms with Crippen LogP contribution >= 0.6 is 11.9 Å². The molecule has 1 saturated carbocycles. The summed E-state index contributed by atoms with van der Waals surface area (Å²) < 4.78 is 10.2. The Kier molecular flexibility index (Phi) is 10.5. The van der Waals surface area contributed by atoms with Gasteiger partial charge in [0.1, 0.15) is 12.4 Å². The number of likely N-dealkylation sites (N-methyl/N-ethyl adjacent to an activating group) is 1. The van der Waals surface area contributed by atoms with E-state index in [0.29, 0.717) is 61.2 Å². The van der Waals surface area contributed by atoms with E-state index in [-0.39, 0.29) is 23.1 Å². The van der Waals surface area contributed by atoms with Crippen LogP contribution in [0.1, 0.15) is 69.8 Å². The maximum absolute atomic E-state index is 13.4. The molecule has 0 unspecified atom stereocenters. The molecule has 1 aliphatic carbocycles. The van der Waals surface area contributed by atoms with Crippen molar-refractivity contribution in [1.82, 2.24) is 14.9 Å². The van der Waals surface area contributed by atoms with E-state index in [1.807, 2.05) is 13.2 Å². The number of rotatable bonds is 11. The van der Waals surface area contributed by atoms with Crippen LogP contribution in [0.4, 0.5) is 0 Å². The van der Waals surface area contributed by atoms with Crippen LogP contribution in [0.25, 0.3) is 11.4 Å². The molecule has 36 heavy (non-hydrogen) atoms. The zero-order valence-electron chi connectivity index (χ0n) is 21.5. The summed E-state index contributed by atoms with van der Waals surface area (Å²) in [6.07, 6.45) is 11.1. The molecule has 196 valence electrons. The number of nitrogens with two attached hydrogens (primary N) is 2. The van der Waals surface area contributed by atoms with Crippen molar-refractivity contribution in [2.75, 3.05) is 26.5 Å². The van der Waals surface area contributed by atoms with Gasteiger partial charge in [0, 0.05) is 36.6 Å². The van der Waals surface area contributed by atoms with E-state index in [9.17, 15) is 9.59 Å². The van der Waals surface area contributed by atoms with Crippen LogP contribution in [0.5, 0.6) is 5.88 Å². The number of aromatic nitrogens is 2. The molecule has 1 aromatic rings. The maximum Gasteiger partial charge on any atom is 0.217 e. The first-order valence-corrected chi connectivity index (χ1v) is 13.8. The number of hydrogen-bond acceptors (Lipinski definition) is 10. The highest BCUT2D eigenvalue weighted by Crippen LogP contribution is 2.28. The normalized spacial score (nSPS) is 22.2. The third-order valence-electron chi connectivity index (χ3n) is 6.75. The largest absolute Gasteiger partial charge is 0.476 e. The van der Waals surface area contributed by atoms with Crippen LogP contribution in [0, 0.1) is 5.92 Å². The van der Waals surface area contributed by atoms with E-state index in [1.54, 1.807) is 18.4 Å². The number of likely N-dealkylation sites (tertiary alicyclic amines) is 1. The topological polar surface area (TPSA) is 137 Å². The van der Waals surface area contributed by atoms with Gasteiger partial charge in [-0.1, -0.05) is 19.8 Å². The van der Waals surface area contributed by atoms with Gasteiger partial charge in [-0.25, -0.2) is 9.38 Å². The Morgan fingerprint density at radius 1 is 1.28 bits per heavy atom. The van der Waals surface area contributed by atoms with Crippen LogP contribution in [0.2, 0.25) is 0 Å². The summed E-state index contributed by atoms with van der Waals surface area (Å²) in [6, 6.07) is 1.98. The molecule has 1 aliphatic heterocycles. The van der Waals surface area contributed by atoms with Crippen molar-refractivity contribution in [3.8, 4) is 5.88 Å². The molecule has 1 aromatic heterocycles. The highest BCUT2D eigenvalue weighted by Gasteiger charge is 2.32. The van der Waals surface area contributed by atoms with Gasteiger partial charge >= 0.3 is 0 Å². The van der Waals surface area contributed by atoms with Crippen LogP contribution in [-0.2, 0) is 9.59 Å². The fourth-order valence-electron chi connectivity index (χ4n) is 4.64. The summed E-state index contributed by atoms with van der Waals surface area (Å²) in [5.41, 5.74) is 14.2. The lowest BCUT2D eigenvalue weighted by atomic mass is 9.81. The fourth-order valence-corrected chi connectivity index (χ4v) is 4.82. The van der Waals surface area contributed by atoms with Gasteiger partial charge in [-0.3, -0.25) is 9.59 Å². The molecule has 0 amide bonds. The highest BCUT2D eigenvalue weighted by molar-refractivity contribution is 7.97. The summed E-state index contributed by atoms with van der Waals surface area (Å²) in [4.78, 5) is 37.3. The van der Waals surface area contributed by atoms with Gasteiger partial charge in [0.05, 0.1) is 23.0 Å². The summed E-state index contributed by atoms with van der Waals surface area (Å²) in [5, 5.41) is 0. The van der Waals surface area contributed by atoms with E-state index >= 15 is 0 Å². The Labute approximate surface area is 218 Å². The molecular formula is C26H38N6O3S. The number of hydrogen-bond donors (Lipinski definition) is 2. The SMILES string of the molecule is CCC/C(C(=O)[C@H]1CCCCC1=O)=C(/N)c1nc(OC[C@@H]2CCCN2C)cc(/C(N)=C/C=N/SC)n1. The zero-order chi connectivity index (χ0) is 26.1. The molecular weight excluding hydrogens is 476 g/mol. The number of carbonyl (C=O) groups excluding carboxylic acids is 2. The molecule has 2 aliphatic rings. The second-order valence-electron chi connectivity index (χ2n) is 9.33. The Bertz CT molecular complexity index is 1040. The van der Waals surface area contributed by atoms with Crippen molar-refractivity contribution in [2.45, 2.75) is 64.3 Å². The minimum atomic E-state index is -0.636. The summed E-state index contributed by atoms with van der Waals surface area (Å²) in [5.74, 6) is -0.330. The summed E-state index contributed by atoms with van der Waals surface area (Å²) in [6.45, 7) is 3.49. The van der Waals surface area contributed by atoms with Crippen molar-refractivity contribution in [3.63, 3.8) is 0 Å². The molecule has 0 bridgehead atoms. The van der Waals surface area contributed by atoms with E-state index < -0.39 is 5.92 Å². The van der Waals surface area contributed by atoms with Gasteiger partial charge in [0.25, 0.3) is 0 Å². The first-order chi connectivity index (χ1) is 17.3. The lowest BCUT2D eigenvalue weighted by Gasteiger charge is -2.22. The van der Waals surface area contributed by atoms with Crippen molar-refractivity contribution in [2.24, 2.45) is 21.8 Å².